The molecular weight excluding hydrogens is 380 g/mol. The number of fused-ring (bicyclic) bond motifs is 3. The predicted octanol–water partition coefficient (Wildman–Crippen LogP) is 1.82. The molecule has 30 heavy (non-hydrogen) atoms. The van der Waals surface area contributed by atoms with Crippen molar-refractivity contribution >= 4 is 17.7 Å². The van der Waals surface area contributed by atoms with E-state index in [9.17, 15) is 14.4 Å². The second-order valence-electron chi connectivity index (χ2n) is 9.87. The number of carbonyl (C=O) groups excluding carboxylic acids is 3. The molecule has 4 aliphatic rings. The van der Waals surface area contributed by atoms with Gasteiger partial charge < -0.3 is 20.9 Å². The molecule has 4 N–H and O–H groups in total. The second kappa shape index (κ2) is 7.43. The molecule has 1 aromatic heterocycles. The minimum absolute atomic E-state index is 0.00766. The van der Waals surface area contributed by atoms with Gasteiger partial charge in [0.15, 0.2) is 0 Å². The number of likely N-dealkylation sites (tertiary alicyclic amines) is 1. The second-order valence-corrected chi connectivity index (χ2v) is 9.87. The van der Waals surface area contributed by atoms with Crippen LogP contribution in [-0.4, -0.2) is 46.2 Å². The molecule has 3 fully saturated rings. The van der Waals surface area contributed by atoms with Crippen LogP contribution in [0.25, 0.3) is 0 Å². The van der Waals surface area contributed by atoms with E-state index in [1.807, 2.05) is 11.8 Å². The van der Waals surface area contributed by atoms with Gasteiger partial charge in [-0.3, -0.25) is 14.4 Å². The minimum atomic E-state index is -0.289. The van der Waals surface area contributed by atoms with Gasteiger partial charge in [0.2, 0.25) is 11.8 Å². The van der Waals surface area contributed by atoms with E-state index >= 15 is 0 Å². The normalized spacial score (nSPS) is 32.3. The molecule has 7 nitrogen and oxygen atoms in total. The smallest absolute Gasteiger partial charge is 0.268 e. The maximum atomic E-state index is 13.1. The summed E-state index contributed by atoms with van der Waals surface area (Å²) in [7, 11) is 0. The number of nitrogens with one attached hydrogen (secondary N) is 2. The van der Waals surface area contributed by atoms with Crippen molar-refractivity contribution in [3.05, 3.63) is 22.5 Å². The Morgan fingerprint density at radius 3 is 2.53 bits per heavy atom. The standard InChI is InChI=1S/C23H32N4O3/c1-12-16-4-2-3-5-17(16)25-20(12)22(29)26-18-8-13-9-19(18)27(11-13)23(30)15-7-6-14(10-15)21(24)28/h13-15,18-19,25H,2-11H2,1H3,(H2,24,28)(H,26,29)/t13-,14+,15-,18-,19-/m1/s1. The molecule has 0 spiro atoms. The fraction of sp³-hybridized carbons (Fsp3) is 0.696. The van der Waals surface area contributed by atoms with Crippen LogP contribution >= 0.6 is 0 Å². The van der Waals surface area contributed by atoms with Crippen LogP contribution in [0, 0.1) is 24.7 Å². The van der Waals surface area contributed by atoms with Gasteiger partial charge in [-0.15, -0.1) is 0 Å². The molecule has 5 rings (SSSR count). The summed E-state index contributed by atoms with van der Waals surface area (Å²) in [4.78, 5) is 43.1. The first-order chi connectivity index (χ1) is 14.4. The van der Waals surface area contributed by atoms with Gasteiger partial charge >= 0.3 is 0 Å². The first-order valence-corrected chi connectivity index (χ1v) is 11.5. The largest absolute Gasteiger partial charge is 0.369 e. The van der Waals surface area contributed by atoms with Gasteiger partial charge in [0, 0.05) is 30.1 Å². The first-order valence-electron chi connectivity index (χ1n) is 11.5. The Hall–Kier alpha value is -2.31. The van der Waals surface area contributed by atoms with Crippen molar-refractivity contribution in [2.24, 2.45) is 23.5 Å². The number of aromatic nitrogens is 1. The minimum Gasteiger partial charge on any atom is -0.369 e. The molecule has 2 heterocycles. The molecule has 2 bridgehead atoms. The number of primary amides is 1. The fourth-order valence-corrected chi connectivity index (χ4v) is 6.45. The molecule has 0 aromatic carbocycles. The van der Waals surface area contributed by atoms with Crippen LogP contribution in [0.2, 0.25) is 0 Å². The lowest BCUT2D eigenvalue weighted by Crippen LogP contribution is -2.53. The van der Waals surface area contributed by atoms with Crippen molar-refractivity contribution in [2.75, 3.05) is 6.54 Å². The van der Waals surface area contributed by atoms with E-state index in [1.54, 1.807) is 0 Å². The molecule has 3 amide bonds. The van der Waals surface area contributed by atoms with Gasteiger partial charge in [0.05, 0.1) is 6.04 Å². The van der Waals surface area contributed by atoms with E-state index in [4.69, 9.17) is 5.73 Å². The van der Waals surface area contributed by atoms with Crippen LogP contribution in [0.5, 0.6) is 0 Å². The number of hydrogen-bond acceptors (Lipinski definition) is 3. The zero-order chi connectivity index (χ0) is 21.0. The summed E-state index contributed by atoms with van der Waals surface area (Å²) in [5.74, 6) is 0.00265. The van der Waals surface area contributed by atoms with E-state index in [0.29, 0.717) is 24.5 Å². The summed E-state index contributed by atoms with van der Waals surface area (Å²) in [6, 6.07) is 0.0808. The number of piperidine rings is 1. The third kappa shape index (κ3) is 3.22. The number of rotatable bonds is 4. The fourth-order valence-electron chi connectivity index (χ4n) is 6.45. The van der Waals surface area contributed by atoms with Crippen LogP contribution < -0.4 is 11.1 Å². The highest BCUT2D eigenvalue weighted by atomic mass is 16.2. The number of nitrogens with two attached hydrogens (primary N) is 1. The Balaban J connectivity index is 1.26. The SMILES string of the molecule is Cc1c(C(=O)N[C@@H]2C[C@@H]3C[C@H]2N(C(=O)[C@@H]2CC[C@H](C(N)=O)C2)C3)[nH]c2c1CCCC2. The molecule has 5 atom stereocenters. The number of hydrogen-bond donors (Lipinski definition) is 3. The molecule has 3 aliphatic carbocycles. The van der Waals surface area contributed by atoms with E-state index in [2.05, 4.69) is 10.3 Å². The van der Waals surface area contributed by atoms with Gasteiger partial charge in [-0.05, 0) is 81.8 Å². The molecule has 2 saturated carbocycles. The van der Waals surface area contributed by atoms with E-state index in [0.717, 1.165) is 44.2 Å². The molecule has 0 radical (unpaired) electrons. The number of aromatic amines is 1. The van der Waals surface area contributed by atoms with Crippen LogP contribution in [0.4, 0.5) is 0 Å². The summed E-state index contributed by atoms with van der Waals surface area (Å²) in [6.45, 7) is 2.82. The van der Waals surface area contributed by atoms with Crippen molar-refractivity contribution in [2.45, 2.75) is 76.8 Å². The summed E-state index contributed by atoms with van der Waals surface area (Å²) in [6.07, 6.45) is 8.37. The van der Waals surface area contributed by atoms with Crippen LogP contribution in [-0.2, 0) is 22.4 Å². The Kier molecular flexibility index (Phi) is 4.86. The Bertz CT molecular complexity index is 891. The van der Waals surface area contributed by atoms with Gasteiger partial charge in [0.25, 0.3) is 5.91 Å². The summed E-state index contributed by atoms with van der Waals surface area (Å²) >= 11 is 0. The van der Waals surface area contributed by atoms with Crippen molar-refractivity contribution in [1.82, 2.24) is 15.2 Å². The van der Waals surface area contributed by atoms with Crippen LogP contribution in [0.3, 0.4) is 0 Å². The Morgan fingerprint density at radius 1 is 1.07 bits per heavy atom. The summed E-state index contributed by atoms with van der Waals surface area (Å²) in [5.41, 5.74) is 9.76. The molecule has 162 valence electrons. The molecular formula is C23H32N4O3. The van der Waals surface area contributed by atoms with Crippen molar-refractivity contribution in [3.63, 3.8) is 0 Å². The Morgan fingerprint density at radius 2 is 1.83 bits per heavy atom. The summed E-state index contributed by atoms with van der Waals surface area (Å²) in [5, 5.41) is 3.24. The van der Waals surface area contributed by atoms with Gasteiger partial charge in [-0.25, -0.2) is 0 Å². The number of carbonyl (C=O) groups is 3. The highest BCUT2D eigenvalue weighted by Crippen LogP contribution is 2.41. The lowest BCUT2D eigenvalue weighted by molar-refractivity contribution is -0.137. The first kappa shape index (κ1) is 19.6. The number of amides is 3. The average molecular weight is 413 g/mol. The van der Waals surface area contributed by atoms with Gasteiger partial charge in [-0.2, -0.15) is 0 Å². The molecule has 1 aliphatic heterocycles. The monoisotopic (exact) mass is 412 g/mol. The quantitative estimate of drug-likeness (QED) is 0.702. The molecule has 1 aromatic rings. The number of H-pyrrole nitrogens is 1. The van der Waals surface area contributed by atoms with Crippen molar-refractivity contribution in [1.29, 1.82) is 0 Å². The maximum absolute atomic E-state index is 13.1. The highest BCUT2D eigenvalue weighted by Gasteiger charge is 2.49. The lowest BCUT2D eigenvalue weighted by atomic mass is 9.95. The third-order valence-electron chi connectivity index (χ3n) is 8.06. The molecule has 0 unspecified atom stereocenters. The Labute approximate surface area is 177 Å². The zero-order valence-corrected chi connectivity index (χ0v) is 17.7. The van der Waals surface area contributed by atoms with E-state index in [1.165, 1.54) is 24.1 Å². The van der Waals surface area contributed by atoms with Crippen molar-refractivity contribution < 1.29 is 14.4 Å². The van der Waals surface area contributed by atoms with Crippen LogP contribution in [0.15, 0.2) is 0 Å². The molecule has 1 saturated heterocycles. The van der Waals surface area contributed by atoms with E-state index < -0.39 is 0 Å². The topological polar surface area (TPSA) is 108 Å². The number of aryl methyl sites for hydroxylation is 1. The predicted molar refractivity (Wildman–Crippen MR) is 112 cm³/mol. The van der Waals surface area contributed by atoms with Gasteiger partial charge in [-0.1, -0.05) is 0 Å². The maximum Gasteiger partial charge on any atom is 0.268 e. The van der Waals surface area contributed by atoms with Gasteiger partial charge in [0.1, 0.15) is 5.69 Å². The number of nitrogens with zero attached hydrogens (tertiary/aromatic N) is 1. The van der Waals surface area contributed by atoms with E-state index in [-0.39, 0.29) is 41.6 Å². The lowest BCUT2D eigenvalue weighted by Gasteiger charge is -2.35. The molecule has 7 heteroatoms. The highest BCUT2D eigenvalue weighted by molar-refractivity contribution is 5.95. The van der Waals surface area contributed by atoms with Crippen molar-refractivity contribution in [3.8, 4) is 0 Å². The summed E-state index contributed by atoms with van der Waals surface area (Å²) < 4.78 is 0. The van der Waals surface area contributed by atoms with Crippen LogP contribution in [0.1, 0.15) is 72.3 Å². The zero-order valence-electron chi connectivity index (χ0n) is 17.7. The third-order valence-corrected chi connectivity index (χ3v) is 8.06. The average Bonchev–Trinajstić information content (AvgIpc) is 3.50.